The molecule has 8 heteroatoms. The summed E-state index contributed by atoms with van der Waals surface area (Å²) in [5.74, 6) is -0.887. The van der Waals surface area contributed by atoms with E-state index in [-0.39, 0.29) is 30.2 Å². The molecule has 0 aromatic heterocycles. The van der Waals surface area contributed by atoms with E-state index < -0.39 is 15.9 Å². The second kappa shape index (κ2) is 12.1. The largest absolute Gasteiger partial charge is 0.350 e. The van der Waals surface area contributed by atoms with Crippen LogP contribution < -0.4 is 10.6 Å². The summed E-state index contributed by atoms with van der Waals surface area (Å²) >= 11 is 0. The Balaban J connectivity index is 1.59. The third kappa shape index (κ3) is 7.14. The summed E-state index contributed by atoms with van der Waals surface area (Å²) in [6.07, 6.45) is 3.29. The molecule has 2 N–H and O–H groups in total. The quantitative estimate of drug-likeness (QED) is 0.535. The van der Waals surface area contributed by atoms with Gasteiger partial charge in [0, 0.05) is 19.1 Å². The van der Waals surface area contributed by atoms with Crippen LogP contribution in [0.4, 0.5) is 5.69 Å². The number of nitrogens with zero attached hydrogens (tertiary/aromatic N) is 1. The molecule has 34 heavy (non-hydrogen) atoms. The minimum Gasteiger partial charge on any atom is -0.350 e. The summed E-state index contributed by atoms with van der Waals surface area (Å²) in [4.78, 5) is 25.7. The molecule has 2 aromatic rings. The van der Waals surface area contributed by atoms with Crippen molar-refractivity contribution in [2.45, 2.75) is 52.0 Å². The van der Waals surface area contributed by atoms with Gasteiger partial charge >= 0.3 is 0 Å². The van der Waals surface area contributed by atoms with E-state index in [1.807, 2.05) is 44.2 Å². The normalized spacial score (nSPS) is 17.6. The van der Waals surface area contributed by atoms with Gasteiger partial charge in [-0.2, -0.15) is 0 Å². The summed E-state index contributed by atoms with van der Waals surface area (Å²) in [5.41, 5.74) is 1.96. The molecular formula is C26H35N3O4S. The predicted octanol–water partition coefficient (Wildman–Crippen LogP) is 3.83. The molecule has 184 valence electrons. The lowest BCUT2D eigenvalue weighted by molar-refractivity contribution is -0.120. The van der Waals surface area contributed by atoms with Gasteiger partial charge in [0.15, 0.2) is 0 Å². The number of para-hydroxylation sites is 1. The Morgan fingerprint density at radius 3 is 2.53 bits per heavy atom. The zero-order valence-corrected chi connectivity index (χ0v) is 20.8. The zero-order chi connectivity index (χ0) is 24.6. The molecule has 1 aliphatic heterocycles. The fraction of sp³-hybridized carbons (Fsp3) is 0.462. The zero-order valence-electron chi connectivity index (χ0n) is 20.0. The SMILES string of the molecule is CC[C@H](C)NC(=O)c1ccccc1NC(=O)[C@H]1CCCN(S(=O)(=O)CCCc2ccccc2)C1. The highest BCUT2D eigenvalue weighted by atomic mass is 32.2. The highest BCUT2D eigenvalue weighted by Gasteiger charge is 2.32. The fourth-order valence-corrected chi connectivity index (χ4v) is 5.65. The molecule has 3 rings (SSSR count). The van der Waals surface area contributed by atoms with E-state index in [1.165, 1.54) is 4.31 Å². The van der Waals surface area contributed by atoms with E-state index in [1.54, 1.807) is 24.3 Å². The van der Waals surface area contributed by atoms with Crippen LogP contribution in [0.1, 0.15) is 55.5 Å². The van der Waals surface area contributed by atoms with E-state index >= 15 is 0 Å². The van der Waals surface area contributed by atoms with E-state index in [2.05, 4.69) is 10.6 Å². The molecule has 0 spiro atoms. The summed E-state index contributed by atoms with van der Waals surface area (Å²) in [6, 6.07) is 16.7. The van der Waals surface area contributed by atoms with Crippen LogP contribution in [0.3, 0.4) is 0 Å². The average Bonchev–Trinajstić information content (AvgIpc) is 2.85. The van der Waals surface area contributed by atoms with Gasteiger partial charge < -0.3 is 10.6 Å². The van der Waals surface area contributed by atoms with Gasteiger partial charge in [-0.05, 0) is 56.7 Å². The molecule has 0 aliphatic carbocycles. The standard InChI is InChI=1S/C26H35N3O4S/c1-3-20(2)27-26(31)23-15-7-8-16-24(23)28-25(30)22-14-9-17-29(19-22)34(32,33)18-10-13-21-11-5-4-6-12-21/h4-8,11-12,15-16,20,22H,3,9-10,13-14,17-19H2,1-2H3,(H,27,31)(H,28,30)/t20-,22-/m0/s1. The number of hydrogen-bond donors (Lipinski definition) is 2. The number of anilines is 1. The van der Waals surface area contributed by atoms with Gasteiger partial charge in [-0.25, -0.2) is 12.7 Å². The molecule has 2 aromatic carbocycles. The summed E-state index contributed by atoms with van der Waals surface area (Å²) < 4.78 is 27.3. The van der Waals surface area contributed by atoms with Crippen molar-refractivity contribution in [1.29, 1.82) is 0 Å². The average molecular weight is 486 g/mol. The third-order valence-corrected chi connectivity index (χ3v) is 8.20. The Morgan fingerprint density at radius 2 is 1.79 bits per heavy atom. The van der Waals surface area contributed by atoms with Crippen molar-refractivity contribution in [3.8, 4) is 0 Å². The monoisotopic (exact) mass is 485 g/mol. The van der Waals surface area contributed by atoms with Crippen LogP contribution >= 0.6 is 0 Å². The number of piperidine rings is 1. The van der Waals surface area contributed by atoms with Gasteiger partial charge in [-0.15, -0.1) is 0 Å². The number of amides is 2. The molecule has 1 aliphatic rings. The van der Waals surface area contributed by atoms with Crippen LogP contribution in [0.2, 0.25) is 0 Å². The summed E-state index contributed by atoms with van der Waals surface area (Å²) in [5, 5.41) is 5.79. The van der Waals surface area contributed by atoms with E-state index in [9.17, 15) is 18.0 Å². The lowest BCUT2D eigenvalue weighted by Gasteiger charge is -2.31. The van der Waals surface area contributed by atoms with Crippen molar-refractivity contribution in [2.24, 2.45) is 5.92 Å². The maximum absolute atomic E-state index is 13.0. The molecule has 7 nitrogen and oxygen atoms in total. The van der Waals surface area contributed by atoms with E-state index in [4.69, 9.17) is 0 Å². The molecule has 2 amide bonds. The molecular weight excluding hydrogens is 450 g/mol. The van der Waals surface area contributed by atoms with E-state index in [0.717, 1.165) is 12.0 Å². The second-order valence-electron chi connectivity index (χ2n) is 8.92. The number of carbonyl (C=O) groups is 2. The van der Waals surface area contributed by atoms with Crippen LogP contribution in [-0.4, -0.2) is 49.4 Å². The number of benzene rings is 2. The first-order chi connectivity index (χ1) is 16.3. The fourth-order valence-electron chi connectivity index (χ4n) is 4.07. The molecule has 0 saturated carbocycles. The minimum atomic E-state index is -3.44. The molecule has 2 atom stereocenters. The number of nitrogens with one attached hydrogen (secondary N) is 2. The second-order valence-corrected chi connectivity index (χ2v) is 11.0. The number of carbonyl (C=O) groups excluding carboxylic acids is 2. The molecule has 1 heterocycles. The molecule has 1 fully saturated rings. The minimum absolute atomic E-state index is 0.0234. The highest BCUT2D eigenvalue weighted by molar-refractivity contribution is 7.89. The number of rotatable bonds is 10. The highest BCUT2D eigenvalue weighted by Crippen LogP contribution is 2.23. The van der Waals surface area contributed by atoms with Gasteiger partial charge in [0.05, 0.1) is 22.9 Å². The van der Waals surface area contributed by atoms with Crippen LogP contribution in [-0.2, 0) is 21.2 Å². The Hall–Kier alpha value is -2.71. The van der Waals surface area contributed by atoms with Crippen LogP contribution in [0.25, 0.3) is 0 Å². The molecule has 1 saturated heterocycles. The summed E-state index contributed by atoms with van der Waals surface area (Å²) in [7, 11) is -3.44. The topological polar surface area (TPSA) is 95.6 Å². The predicted molar refractivity (Wildman–Crippen MR) is 135 cm³/mol. The Morgan fingerprint density at radius 1 is 1.09 bits per heavy atom. The lowest BCUT2D eigenvalue weighted by atomic mass is 9.98. The van der Waals surface area contributed by atoms with Crippen LogP contribution in [0.5, 0.6) is 0 Å². The van der Waals surface area contributed by atoms with Gasteiger partial charge in [0.2, 0.25) is 15.9 Å². The summed E-state index contributed by atoms with van der Waals surface area (Å²) in [6.45, 7) is 4.52. The van der Waals surface area contributed by atoms with Crippen molar-refractivity contribution >= 4 is 27.5 Å². The Bertz CT molecular complexity index is 1070. The first-order valence-electron chi connectivity index (χ1n) is 12.0. The van der Waals surface area contributed by atoms with Crippen molar-refractivity contribution in [3.63, 3.8) is 0 Å². The molecule has 0 unspecified atom stereocenters. The van der Waals surface area contributed by atoms with Crippen molar-refractivity contribution < 1.29 is 18.0 Å². The number of aryl methyl sites for hydroxylation is 1. The van der Waals surface area contributed by atoms with Crippen molar-refractivity contribution in [1.82, 2.24) is 9.62 Å². The van der Waals surface area contributed by atoms with Crippen LogP contribution in [0, 0.1) is 5.92 Å². The number of sulfonamides is 1. The maximum atomic E-state index is 13.0. The number of hydrogen-bond acceptors (Lipinski definition) is 4. The maximum Gasteiger partial charge on any atom is 0.253 e. The first kappa shape index (κ1) is 25.9. The van der Waals surface area contributed by atoms with Gasteiger partial charge in [-0.1, -0.05) is 49.4 Å². The molecule has 0 radical (unpaired) electrons. The smallest absolute Gasteiger partial charge is 0.253 e. The van der Waals surface area contributed by atoms with Crippen molar-refractivity contribution in [3.05, 3.63) is 65.7 Å². The van der Waals surface area contributed by atoms with Gasteiger partial charge in [-0.3, -0.25) is 9.59 Å². The Kier molecular flexibility index (Phi) is 9.24. The third-order valence-electron chi connectivity index (χ3n) is 6.28. The van der Waals surface area contributed by atoms with E-state index in [0.29, 0.717) is 43.5 Å². The lowest BCUT2D eigenvalue weighted by Crippen LogP contribution is -2.44. The van der Waals surface area contributed by atoms with Gasteiger partial charge in [0.25, 0.3) is 5.91 Å². The van der Waals surface area contributed by atoms with Gasteiger partial charge in [0.1, 0.15) is 0 Å². The first-order valence-corrected chi connectivity index (χ1v) is 13.6. The molecule has 0 bridgehead atoms. The van der Waals surface area contributed by atoms with Crippen LogP contribution in [0.15, 0.2) is 54.6 Å². The van der Waals surface area contributed by atoms with Crippen molar-refractivity contribution in [2.75, 3.05) is 24.2 Å². The Labute approximate surface area is 203 Å².